The fraction of sp³-hybridized carbons (Fsp3) is 0.222. The normalized spacial score (nSPS) is 11.4. The zero-order chi connectivity index (χ0) is 33.3. The molecular formula is C36H38NO9P. The van der Waals surface area contributed by atoms with Crippen LogP contribution in [0.15, 0.2) is 115 Å². The van der Waals surface area contributed by atoms with E-state index < -0.39 is 19.9 Å². The molecule has 0 aliphatic heterocycles. The van der Waals surface area contributed by atoms with Crippen LogP contribution in [0.1, 0.15) is 42.0 Å². The van der Waals surface area contributed by atoms with Crippen molar-refractivity contribution in [3.63, 3.8) is 0 Å². The van der Waals surface area contributed by atoms with Gasteiger partial charge in [0.1, 0.15) is 12.3 Å². The van der Waals surface area contributed by atoms with Gasteiger partial charge in [0, 0.05) is 0 Å². The number of nitrogens with one attached hydrogen (secondary N) is 1. The summed E-state index contributed by atoms with van der Waals surface area (Å²) >= 11 is 0. The number of methoxy groups -OCH3 is 1. The monoisotopic (exact) mass is 659 g/mol. The van der Waals surface area contributed by atoms with Crippen LogP contribution in [0.25, 0.3) is 6.08 Å². The van der Waals surface area contributed by atoms with E-state index >= 15 is 0 Å². The fourth-order valence-corrected chi connectivity index (χ4v) is 5.27. The number of hydrogen-bond donors (Lipinski definition) is 1. The lowest BCUT2D eigenvalue weighted by molar-refractivity contribution is -0.136. The minimum absolute atomic E-state index is 0.0152. The summed E-state index contributed by atoms with van der Waals surface area (Å²) in [6.45, 7) is 2.34. The van der Waals surface area contributed by atoms with Gasteiger partial charge in [-0.25, -0.2) is 14.2 Å². The highest BCUT2D eigenvalue weighted by atomic mass is 31.2. The Morgan fingerprint density at radius 1 is 0.745 bits per heavy atom. The predicted molar refractivity (Wildman–Crippen MR) is 177 cm³/mol. The third-order valence-electron chi connectivity index (χ3n) is 6.56. The Labute approximate surface area is 274 Å². The lowest BCUT2D eigenvalue weighted by Gasteiger charge is -2.21. The summed E-state index contributed by atoms with van der Waals surface area (Å²) in [5.74, 6) is -0.448. The number of hydrogen-bond acceptors (Lipinski definition) is 9. The van der Waals surface area contributed by atoms with Crippen molar-refractivity contribution in [3.8, 4) is 11.5 Å². The van der Waals surface area contributed by atoms with Gasteiger partial charge in [-0.15, -0.1) is 0 Å². The number of esters is 1. The standard InChI is InChI=1S/C36H38NO9P/c1-3-4-22-42-34-24-31(23-32(35(38)41-2)37-36(39)43-25-28-14-8-5-9-15-28)20-21-33(34)46-47(40,44-26-29-16-10-6-11-17-29)45-27-30-18-12-7-13-19-30/h5-21,23-24H,3-4,22,25-27H2,1-2H3,(H,37,39). The molecule has 246 valence electrons. The molecule has 1 amide bonds. The van der Waals surface area contributed by atoms with Gasteiger partial charge >= 0.3 is 19.9 Å². The van der Waals surface area contributed by atoms with E-state index in [1.807, 2.05) is 97.9 Å². The SMILES string of the molecule is CCCCOc1cc(C=C(NC(=O)OCc2ccccc2)C(=O)OC)ccc1OP(=O)(OCc1ccccc1)OCc1ccccc1. The Hall–Kier alpha value is -4.89. The van der Waals surface area contributed by atoms with Crippen LogP contribution in [0.2, 0.25) is 0 Å². The molecule has 0 saturated heterocycles. The molecule has 4 aromatic rings. The van der Waals surface area contributed by atoms with Gasteiger partial charge in [0.25, 0.3) is 0 Å². The second kappa shape index (κ2) is 18.3. The number of phosphoric acid groups is 1. The number of carbonyl (C=O) groups excluding carboxylic acids is 2. The molecule has 0 aromatic heterocycles. The minimum atomic E-state index is -4.20. The van der Waals surface area contributed by atoms with Crippen molar-refractivity contribution in [3.05, 3.63) is 137 Å². The summed E-state index contributed by atoms with van der Waals surface area (Å²) in [5, 5.41) is 2.44. The van der Waals surface area contributed by atoms with Gasteiger partial charge in [0.05, 0.1) is 26.9 Å². The molecule has 47 heavy (non-hydrogen) atoms. The highest BCUT2D eigenvalue weighted by molar-refractivity contribution is 7.48. The predicted octanol–water partition coefficient (Wildman–Crippen LogP) is 8.23. The van der Waals surface area contributed by atoms with Crippen LogP contribution in [0.3, 0.4) is 0 Å². The summed E-state index contributed by atoms with van der Waals surface area (Å²) < 4.78 is 47.7. The lowest BCUT2D eigenvalue weighted by atomic mass is 10.1. The second-order valence-electron chi connectivity index (χ2n) is 10.2. The van der Waals surface area contributed by atoms with Crippen LogP contribution in [-0.2, 0) is 47.7 Å². The van der Waals surface area contributed by atoms with Gasteiger partial charge in [-0.05, 0) is 46.9 Å². The van der Waals surface area contributed by atoms with Crippen LogP contribution in [0.5, 0.6) is 11.5 Å². The van der Waals surface area contributed by atoms with E-state index in [9.17, 15) is 14.2 Å². The van der Waals surface area contributed by atoms with Crippen LogP contribution >= 0.6 is 7.82 Å². The molecule has 1 N–H and O–H groups in total. The van der Waals surface area contributed by atoms with Crippen molar-refractivity contribution in [2.45, 2.75) is 39.6 Å². The van der Waals surface area contributed by atoms with Gasteiger partial charge < -0.3 is 18.7 Å². The van der Waals surface area contributed by atoms with E-state index in [0.29, 0.717) is 12.2 Å². The molecule has 4 rings (SSSR count). The van der Waals surface area contributed by atoms with E-state index in [1.165, 1.54) is 19.3 Å². The van der Waals surface area contributed by atoms with Gasteiger partial charge in [-0.1, -0.05) is 110 Å². The number of phosphoric ester groups is 1. The van der Waals surface area contributed by atoms with E-state index in [4.69, 9.17) is 27.8 Å². The van der Waals surface area contributed by atoms with E-state index in [2.05, 4.69) is 5.32 Å². The minimum Gasteiger partial charge on any atom is -0.490 e. The molecule has 0 bridgehead atoms. The number of carbonyl (C=O) groups is 2. The molecule has 4 aromatic carbocycles. The Balaban J connectivity index is 1.57. The Morgan fingerprint density at radius 2 is 1.30 bits per heavy atom. The maximum atomic E-state index is 14.0. The molecule has 0 saturated carbocycles. The number of amides is 1. The average molecular weight is 660 g/mol. The first-order chi connectivity index (χ1) is 22.9. The van der Waals surface area contributed by atoms with Crippen molar-refractivity contribution in [1.29, 1.82) is 0 Å². The first kappa shape index (κ1) is 35.0. The third-order valence-corrected chi connectivity index (χ3v) is 7.87. The topological polar surface area (TPSA) is 119 Å². The summed E-state index contributed by atoms with van der Waals surface area (Å²) in [6.07, 6.45) is 2.19. The largest absolute Gasteiger partial charge is 0.530 e. The highest BCUT2D eigenvalue weighted by Crippen LogP contribution is 2.53. The lowest BCUT2D eigenvalue weighted by Crippen LogP contribution is -2.28. The Bertz CT molecular complexity index is 1600. The van der Waals surface area contributed by atoms with Crippen LogP contribution < -0.4 is 14.6 Å². The zero-order valence-electron chi connectivity index (χ0n) is 26.3. The maximum Gasteiger partial charge on any atom is 0.530 e. The summed E-state index contributed by atoms with van der Waals surface area (Å²) in [7, 11) is -3.00. The number of alkyl carbamates (subject to hydrolysis) is 1. The van der Waals surface area contributed by atoms with Crippen molar-refractivity contribution in [2.24, 2.45) is 0 Å². The molecule has 0 spiro atoms. The first-order valence-corrected chi connectivity index (χ1v) is 16.5. The van der Waals surface area contributed by atoms with Crippen molar-refractivity contribution in [1.82, 2.24) is 5.32 Å². The van der Waals surface area contributed by atoms with E-state index in [-0.39, 0.29) is 37.0 Å². The molecule has 0 unspecified atom stereocenters. The second-order valence-corrected chi connectivity index (χ2v) is 11.8. The quantitative estimate of drug-likeness (QED) is 0.0518. The first-order valence-electron chi connectivity index (χ1n) is 15.1. The number of rotatable bonds is 17. The van der Waals surface area contributed by atoms with Crippen LogP contribution in [0, 0.1) is 0 Å². The molecule has 0 fully saturated rings. The van der Waals surface area contributed by atoms with E-state index in [1.54, 1.807) is 12.1 Å². The van der Waals surface area contributed by atoms with Crippen molar-refractivity contribution < 1.29 is 41.9 Å². The molecule has 0 radical (unpaired) electrons. The molecule has 11 heteroatoms. The van der Waals surface area contributed by atoms with Crippen molar-refractivity contribution >= 4 is 26.0 Å². The molecular weight excluding hydrogens is 621 g/mol. The number of unbranched alkanes of at least 4 members (excludes halogenated alkanes) is 1. The Kier molecular flexibility index (Phi) is 13.6. The van der Waals surface area contributed by atoms with E-state index in [0.717, 1.165) is 29.5 Å². The molecule has 0 atom stereocenters. The fourth-order valence-electron chi connectivity index (χ4n) is 4.09. The van der Waals surface area contributed by atoms with Gasteiger partial charge in [0.15, 0.2) is 11.5 Å². The molecule has 10 nitrogen and oxygen atoms in total. The number of ether oxygens (including phenoxy) is 3. The average Bonchev–Trinajstić information content (AvgIpc) is 3.11. The van der Waals surface area contributed by atoms with Gasteiger partial charge in [-0.2, -0.15) is 0 Å². The molecule has 0 aliphatic rings. The molecule has 0 heterocycles. The van der Waals surface area contributed by atoms with Gasteiger partial charge in [-0.3, -0.25) is 14.4 Å². The van der Waals surface area contributed by atoms with Crippen LogP contribution in [0.4, 0.5) is 4.79 Å². The zero-order valence-corrected chi connectivity index (χ0v) is 27.2. The maximum absolute atomic E-state index is 14.0. The Morgan fingerprint density at radius 3 is 1.83 bits per heavy atom. The summed E-state index contributed by atoms with van der Waals surface area (Å²) in [4.78, 5) is 25.1. The van der Waals surface area contributed by atoms with Gasteiger partial charge in [0.2, 0.25) is 0 Å². The summed E-state index contributed by atoms with van der Waals surface area (Å²) in [5.41, 5.74) is 2.64. The molecule has 0 aliphatic carbocycles. The smallest absolute Gasteiger partial charge is 0.490 e. The summed E-state index contributed by atoms with van der Waals surface area (Å²) in [6, 6.07) is 32.3. The number of benzene rings is 4. The third kappa shape index (κ3) is 11.8. The van der Waals surface area contributed by atoms with Crippen LogP contribution in [-0.4, -0.2) is 25.8 Å². The highest BCUT2D eigenvalue weighted by Gasteiger charge is 2.31. The van der Waals surface area contributed by atoms with Crippen molar-refractivity contribution in [2.75, 3.05) is 13.7 Å².